The molecule has 0 aliphatic carbocycles. The van der Waals surface area contributed by atoms with Gasteiger partial charge in [0.25, 0.3) is 0 Å². The number of rotatable bonds is 5. The second-order valence-corrected chi connectivity index (χ2v) is 7.15. The molecule has 21 heavy (non-hydrogen) atoms. The van der Waals surface area contributed by atoms with E-state index in [0.29, 0.717) is 11.9 Å². The topological polar surface area (TPSA) is 50.7 Å². The number of aryl methyl sites for hydroxylation is 3. The normalized spacial score (nSPS) is 12.7. The smallest absolute Gasteiger partial charge is 0.226 e. The summed E-state index contributed by atoms with van der Waals surface area (Å²) in [5, 5.41) is 3.48. The molecule has 2 rings (SSSR count). The molecule has 0 radical (unpaired) electrons. The van der Waals surface area contributed by atoms with Crippen LogP contribution in [0.4, 0.5) is 5.95 Å². The van der Waals surface area contributed by atoms with Crippen molar-refractivity contribution in [3.63, 3.8) is 0 Å². The number of nitrogens with one attached hydrogen (secondary N) is 1. The summed E-state index contributed by atoms with van der Waals surface area (Å²) >= 11 is 1.84. The average molecular weight is 304 g/mol. The number of hydrogen-bond acceptors (Lipinski definition) is 5. The lowest BCUT2D eigenvalue weighted by Gasteiger charge is -2.18. The first-order valence-electron chi connectivity index (χ1n) is 7.46. The molecule has 0 aliphatic heterocycles. The third-order valence-electron chi connectivity index (χ3n) is 3.45. The molecule has 1 atom stereocenters. The molecule has 0 amide bonds. The lowest BCUT2D eigenvalue weighted by atomic mass is 10.1. The Balaban J connectivity index is 2.28. The van der Waals surface area contributed by atoms with Gasteiger partial charge in [0.1, 0.15) is 11.6 Å². The summed E-state index contributed by atoms with van der Waals surface area (Å²) in [6.07, 6.45) is 0.999. The van der Waals surface area contributed by atoms with E-state index in [1.54, 1.807) is 0 Å². The maximum atomic E-state index is 4.55. The zero-order valence-corrected chi connectivity index (χ0v) is 14.5. The van der Waals surface area contributed by atoms with Crippen molar-refractivity contribution >= 4 is 17.3 Å². The first-order chi connectivity index (χ1) is 9.90. The van der Waals surface area contributed by atoms with Crippen LogP contribution in [0.25, 0.3) is 0 Å². The van der Waals surface area contributed by atoms with Crippen molar-refractivity contribution in [1.82, 2.24) is 15.0 Å². The van der Waals surface area contributed by atoms with E-state index in [4.69, 9.17) is 0 Å². The summed E-state index contributed by atoms with van der Waals surface area (Å²) in [5.74, 6) is 2.60. The largest absolute Gasteiger partial charge is 0.347 e. The number of nitrogens with zero attached hydrogens (tertiary/aromatic N) is 3. The van der Waals surface area contributed by atoms with Crippen LogP contribution >= 0.6 is 11.3 Å². The highest BCUT2D eigenvalue weighted by atomic mass is 32.1. The molecule has 5 heteroatoms. The minimum atomic E-state index is 0.247. The van der Waals surface area contributed by atoms with Crippen LogP contribution in [0, 0.1) is 20.8 Å². The van der Waals surface area contributed by atoms with Gasteiger partial charge in [-0.1, -0.05) is 20.8 Å². The predicted molar refractivity (Wildman–Crippen MR) is 89.1 cm³/mol. The molecule has 0 saturated carbocycles. The third-order valence-corrected chi connectivity index (χ3v) is 4.43. The van der Waals surface area contributed by atoms with Gasteiger partial charge in [0.05, 0.1) is 6.04 Å². The number of aromatic nitrogens is 3. The molecule has 0 aromatic carbocycles. The van der Waals surface area contributed by atoms with Gasteiger partial charge in [-0.05, 0) is 38.8 Å². The van der Waals surface area contributed by atoms with Gasteiger partial charge in [0.15, 0.2) is 0 Å². The molecular weight excluding hydrogens is 280 g/mol. The van der Waals surface area contributed by atoms with E-state index in [0.717, 1.165) is 18.1 Å². The van der Waals surface area contributed by atoms with E-state index >= 15 is 0 Å². The second kappa shape index (κ2) is 6.52. The number of thiophene rings is 1. The quantitative estimate of drug-likeness (QED) is 0.880. The zero-order valence-electron chi connectivity index (χ0n) is 13.7. The molecule has 2 aromatic heterocycles. The van der Waals surface area contributed by atoms with Crippen LogP contribution in [0.3, 0.4) is 0 Å². The molecule has 1 N–H and O–H groups in total. The fourth-order valence-corrected chi connectivity index (χ4v) is 3.37. The average Bonchev–Trinajstić information content (AvgIpc) is 2.74. The molecule has 4 nitrogen and oxygen atoms in total. The Morgan fingerprint density at radius 1 is 1.14 bits per heavy atom. The van der Waals surface area contributed by atoms with E-state index in [2.05, 4.69) is 61.0 Å². The Morgan fingerprint density at radius 2 is 1.86 bits per heavy atom. The monoisotopic (exact) mass is 304 g/mol. The molecule has 0 bridgehead atoms. The van der Waals surface area contributed by atoms with Crippen LogP contribution in [0.15, 0.2) is 6.07 Å². The molecule has 0 fully saturated rings. The fraction of sp³-hybridized carbons (Fsp3) is 0.562. The third kappa shape index (κ3) is 3.79. The van der Waals surface area contributed by atoms with Gasteiger partial charge in [-0.15, -0.1) is 11.3 Å². The van der Waals surface area contributed by atoms with Gasteiger partial charge in [-0.2, -0.15) is 9.97 Å². The Labute approximate surface area is 131 Å². The van der Waals surface area contributed by atoms with Gasteiger partial charge in [-0.25, -0.2) is 4.98 Å². The van der Waals surface area contributed by atoms with E-state index < -0.39 is 0 Å². The zero-order chi connectivity index (χ0) is 15.6. The summed E-state index contributed by atoms with van der Waals surface area (Å²) in [6, 6.07) is 2.51. The lowest BCUT2D eigenvalue weighted by molar-refractivity contribution is 0.710. The SMILES string of the molecule is CCC(Nc1nc(C)nc(C(C)C)n1)c1cc(C)sc1C. The molecule has 0 saturated heterocycles. The molecule has 114 valence electrons. The van der Waals surface area contributed by atoms with Crippen molar-refractivity contribution in [2.75, 3.05) is 5.32 Å². The van der Waals surface area contributed by atoms with Gasteiger partial charge < -0.3 is 5.32 Å². The van der Waals surface area contributed by atoms with E-state index in [9.17, 15) is 0 Å². The van der Waals surface area contributed by atoms with Crippen LogP contribution in [-0.2, 0) is 0 Å². The van der Waals surface area contributed by atoms with Crippen molar-refractivity contribution in [1.29, 1.82) is 0 Å². The van der Waals surface area contributed by atoms with Crippen molar-refractivity contribution in [3.05, 3.63) is 33.0 Å². The first kappa shape index (κ1) is 15.9. The summed E-state index contributed by atoms with van der Waals surface area (Å²) in [6.45, 7) is 12.6. The van der Waals surface area contributed by atoms with Crippen LogP contribution in [0.1, 0.15) is 66.1 Å². The van der Waals surface area contributed by atoms with Gasteiger partial charge in [0.2, 0.25) is 5.95 Å². The summed E-state index contributed by atoms with van der Waals surface area (Å²) in [7, 11) is 0. The lowest BCUT2D eigenvalue weighted by Crippen LogP contribution is -2.14. The summed E-state index contributed by atoms with van der Waals surface area (Å²) < 4.78 is 0. The van der Waals surface area contributed by atoms with Crippen molar-refractivity contribution in [3.8, 4) is 0 Å². The highest BCUT2D eigenvalue weighted by Crippen LogP contribution is 2.30. The van der Waals surface area contributed by atoms with E-state index in [1.807, 2.05) is 18.3 Å². The second-order valence-electron chi connectivity index (χ2n) is 5.69. The molecule has 0 spiro atoms. The fourth-order valence-electron chi connectivity index (χ4n) is 2.38. The van der Waals surface area contributed by atoms with Gasteiger partial charge >= 0.3 is 0 Å². The van der Waals surface area contributed by atoms with Crippen LogP contribution in [0.2, 0.25) is 0 Å². The first-order valence-corrected chi connectivity index (χ1v) is 8.28. The van der Waals surface area contributed by atoms with Crippen molar-refractivity contribution in [2.45, 2.75) is 59.9 Å². The van der Waals surface area contributed by atoms with Crippen LogP contribution in [0.5, 0.6) is 0 Å². The van der Waals surface area contributed by atoms with Crippen molar-refractivity contribution < 1.29 is 0 Å². The molecule has 2 aromatic rings. The maximum Gasteiger partial charge on any atom is 0.226 e. The Morgan fingerprint density at radius 3 is 2.38 bits per heavy atom. The Hall–Kier alpha value is -1.49. The summed E-state index contributed by atoms with van der Waals surface area (Å²) in [5.41, 5.74) is 1.35. The minimum Gasteiger partial charge on any atom is -0.347 e. The highest BCUT2D eigenvalue weighted by molar-refractivity contribution is 7.12. The van der Waals surface area contributed by atoms with Crippen molar-refractivity contribution in [2.24, 2.45) is 0 Å². The molecule has 1 unspecified atom stereocenters. The van der Waals surface area contributed by atoms with E-state index in [-0.39, 0.29) is 6.04 Å². The van der Waals surface area contributed by atoms with E-state index in [1.165, 1.54) is 15.3 Å². The van der Waals surface area contributed by atoms with Gasteiger partial charge in [-0.3, -0.25) is 0 Å². The number of hydrogen-bond donors (Lipinski definition) is 1. The maximum absolute atomic E-state index is 4.55. The minimum absolute atomic E-state index is 0.247. The number of anilines is 1. The summed E-state index contributed by atoms with van der Waals surface area (Å²) in [4.78, 5) is 16.1. The van der Waals surface area contributed by atoms with Crippen LogP contribution < -0.4 is 5.32 Å². The molecule has 2 heterocycles. The molecular formula is C16H24N4S. The van der Waals surface area contributed by atoms with Gasteiger partial charge in [0, 0.05) is 15.7 Å². The highest BCUT2D eigenvalue weighted by Gasteiger charge is 2.16. The van der Waals surface area contributed by atoms with Crippen LogP contribution in [-0.4, -0.2) is 15.0 Å². The standard InChI is InChI=1S/C16H24N4S/c1-7-14(13-8-10(4)21-11(13)5)19-16-18-12(6)17-15(20-16)9(2)3/h8-9,14H,7H2,1-6H3,(H,17,18,19,20). The Bertz CT molecular complexity index is 619. The molecule has 0 aliphatic rings. The predicted octanol–water partition coefficient (Wildman–Crippen LogP) is 4.54. The Kier molecular flexibility index (Phi) is 4.93.